The van der Waals surface area contributed by atoms with Crippen molar-refractivity contribution in [3.8, 4) is 5.75 Å². The van der Waals surface area contributed by atoms with Crippen LogP contribution in [0.4, 0.5) is 0 Å². The Hall–Kier alpha value is -1.28. The summed E-state index contributed by atoms with van der Waals surface area (Å²) in [4.78, 5) is 0. The molecule has 0 heterocycles. The Labute approximate surface area is 78.5 Å². The Morgan fingerprint density at radius 1 is 1.38 bits per heavy atom. The fourth-order valence-corrected chi connectivity index (χ4v) is 0.965. The highest BCUT2D eigenvalue weighted by atomic mass is 16.6. The molecule has 0 saturated heterocycles. The molecule has 1 rings (SSSR count). The van der Waals surface area contributed by atoms with Gasteiger partial charge in [0.15, 0.2) is 0 Å². The van der Waals surface area contributed by atoms with Gasteiger partial charge in [-0.25, -0.2) is 0 Å². The Morgan fingerprint density at radius 2 is 2.00 bits per heavy atom. The van der Waals surface area contributed by atoms with E-state index in [1.54, 1.807) is 24.3 Å². The maximum Gasteiger partial charge on any atom is 0.244 e. The molecule has 0 aromatic heterocycles. The molecule has 0 bridgehead atoms. The molecule has 0 unspecified atom stereocenters. The van der Waals surface area contributed by atoms with Crippen molar-refractivity contribution in [2.45, 2.75) is 12.2 Å². The lowest BCUT2D eigenvalue weighted by molar-refractivity contribution is -0.143. The highest BCUT2D eigenvalue weighted by Gasteiger charge is 2.22. The molecule has 2 nitrogen and oxygen atoms in total. The van der Waals surface area contributed by atoms with Crippen LogP contribution in [0.5, 0.6) is 5.75 Å². The summed E-state index contributed by atoms with van der Waals surface area (Å²) in [5.41, 5.74) is 0. The molecule has 0 spiro atoms. The first kappa shape index (κ1) is 9.81. The normalized spacial score (nSPS) is 14.6. The molecule has 68 valence electrons. The van der Waals surface area contributed by atoms with Crippen LogP contribution in [-0.4, -0.2) is 5.79 Å². The van der Waals surface area contributed by atoms with Crippen molar-refractivity contribution in [1.82, 2.24) is 0 Å². The van der Waals surface area contributed by atoms with Crippen molar-refractivity contribution in [2.75, 3.05) is 0 Å². The third-order valence-electron chi connectivity index (χ3n) is 1.50. The van der Waals surface area contributed by atoms with E-state index >= 15 is 0 Å². The van der Waals surface area contributed by atoms with Gasteiger partial charge < -0.3 is 4.74 Å². The van der Waals surface area contributed by atoms with Gasteiger partial charge >= 0.3 is 0 Å². The molecule has 0 aliphatic carbocycles. The van der Waals surface area contributed by atoms with Crippen molar-refractivity contribution >= 4 is 0 Å². The molecule has 1 atom stereocenters. The van der Waals surface area contributed by atoms with E-state index in [1.165, 1.54) is 6.08 Å². The lowest BCUT2D eigenvalue weighted by Crippen LogP contribution is -2.29. The van der Waals surface area contributed by atoms with Crippen LogP contribution in [0.25, 0.3) is 0 Å². The van der Waals surface area contributed by atoms with Gasteiger partial charge in [0.05, 0.1) is 0 Å². The summed E-state index contributed by atoms with van der Waals surface area (Å²) in [6.07, 6.45) is 1.69. The predicted octanol–water partition coefficient (Wildman–Crippen LogP) is 2.60. The van der Waals surface area contributed by atoms with E-state index in [2.05, 4.69) is 13.5 Å². The van der Waals surface area contributed by atoms with Crippen molar-refractivity contribution in [3.05, 3.63) is 49.9 Å². The number of para-hydroxylation sites is 1. The van der Waals surface area contributed by atoms with Crippen LogP contribution in [0.15, 0.2) is 43.0 Å². The van der Waals surface area contributed by atoms with Gasteiger partial charge in [-0.05, 0) is 12.1 Å². The Morgan fingerprint density at radius 3 is 2.54 bits per heavy atom. The zero-order valence-electron chi connectivity index (χ0n) is 7.40. The van der Waals surface area contributed by atoms with Crippen LogP contribution in [-0.2, 0) is 5.11 Å². The first-order valence-electron chi connectivity index (χ1n) is 4.05. The fourth-order valence-electron chi connectivity index (χ4n) is 0.965. The molecule has 0 fully saturated rings. The second-order valence-electron chi connectivity index (χ2n) is 2.82. The molecule has 0 saturated carbocycles. The van der Waals surface area contributed by atoms with Gasteiger partial charge in [0.25, 0.3) is 0 Å². The third-order valence-corrected chi connectivity index (χ3v) is 1.50. The van der Waals surface area contributed by atoms with Gasteiger partial charge in [-0.1, -0.05) is 24.3 Å². The summed E-state index contributed by atoms with van der Waals surface area (Å²) in [6, 6.07) is 8.91. The van der Waals surface area contributed by atoms with E-state index in [0.29, 0.717) is 5.75 Å². The van der Waals surface area contributed by atoms with E-state index in [4.69, 9.17) is 4.74 Å². The van der Waals surface area contributed by atoms with Crippen molar-refractivity contribution < 1.29 is 9.84 Å². The monoisotopic (exact) mass is 176 g/mol. The van der Waals surface area contributed by atoms with E-state index in [9.17, 15) is 5.11 Å². The van der Waals surface area contributed by atoms with E-state index < -0.39 is 5.79 Å². The summed E-state index contributed by atoms with van der Waals surface area (Å²) in [6.45, 7) is 6.87. The number of ether oxygens (including phenoxy) is 1. The number of hydrogen-bond donors (Lipinski definition) is 0. The van der Waals surface area contributed by atoms with E-state index in [-0.39, 0.29) is 6.42 Å². The molecular weight excluding hydrogens is 164 g/mol. The fraction of sp³-hybridized carbons (Fsp3) is 0.182. The zero-order chi connectivity index (χ0) is 9.73. The maximum absolute atomic E-state index is 11.5. The zero-order valence-corrected chi connectivity index (χ0v) is 7.40. The number of benzene rings is 1. The number of hydrogen-bond acceptors (Lipinski definition) is 1. The largest absolute Gasteiger partial charge is 0.459 e. The Balaban J connectivity index is 2.63. The minimum absolute atomic E-state index is 0.182. The molecule has 0 aliphatic heterocycles. The van der Waals surface area contributed by atoms with Crippen LogP contribution in [0.1, 0.15) is 6.42 Å². The van der Waals surface area contributed by atoms with Crippen LogP contribution in [0.3, 0.4) is 0 Å². The second-order valence-corrected chi connectivity index (χ2v) is 2.82. The minimum Gasteiger partial charge on any atom is -0.459 e. The minimum atomic E-state index is -1.66. The molecule has 0 N–H and O–H groups in total. The smallest absolute Gasteiger partial charge is 0.244 e. The summed E-state index contributed by atoms with van der Waals surface area (Å²) in [7, 11) is 0. The van der Waals surface area contributed by atoms with Crippen molar-refractivity contribution in [2.24, 2.45) is 0 Å². The van der Waals surface area contributed by atoms with E-state index in [0.717, 1.165) is 0 Å². The van der Waals surface area contributed by atoms with Crippen LogP contribution < -0.4 is 4.74 Å². The van der Waals surface area contributed by atoms with Gasteiger partial charge in [-0.3, -0.25) is 0 Å². The Kier molecular flexibility index (Phi) is 3.09. The van der Waals surface area contributed by atoms with Crippen LogP contribution >= 0.6 is 0 Å². The summed E-state index contributed by atoms with van der Waals surface area (Å²) in [5.74, 6) is -1.13. The summed E-state index contributed by atoms with van der Waals surface area (Å²) in [5, 5.41) is 11.5. The van der Waals surface area contributed by atoms with Crippen molar-refractivity contribution in [3.63, 3.8) is 0 Å². The summed E-state index contributed by atoms with van der Waals surface area (Å²) < 4.78 is 5.10. The topological polar surface area (TPSA) is 29.1 Å². The van der Waals surface area contributed by atoms with Gasteiger partial charge in [-0.15, -0.1) is 6.58 Å². The average molecular weight is 176 g/mol. The lowest BCUT2D eigenvalue weighted by atomic mass is 10.2. The van der Waals surface area contributed by atoms with Gasteiger partial charge in [0, 0.05) is 13.3 Å². The van der Waals surface area contributed by atoms with Gasteiger partial charge in [0.2, 0.25) is 5.79 Å². The van der Waals surface area contributed by atoms with Crippen LogP contribution in [0.2, 0.25) is 0 Å². The van der Waals surface area contributed by atoms with Crippen LogP contribution in [0, 0.1) is 6.92 Å². The van der Waals surface area contributed by atoms with E-state index in [1.807, 2.05) is 6.07 Å². The quantitative estimate of drug-likeness (QED) is 0.512. The summed E-state index contributed by atoms with van der Waals surface area (Å²) >= 11 is 0. The maximum atomic E-state index is 11.5. The standard InChI is InChI=1S/C11H12O2/c1-3-9-11(2,12)13-10-7-5-4-6-8-10/h3-8H,1-2,9H2/t11-/m1/s1. The molecule has 2 heteroatoms. The first-order chi connectivity index (χ1) is 6.14. The highest BCUT2D eigenvalue weighted by molar-refractivity contribution is 5.21. The Bertz CT molecular complexity index is 265. The molecule has 2 radical (unpaired) electrons. The van der Waals surface area contributed by atoms with Gasteiger partial charge in [0.1, 0.15) is 5.75 Å². The molecule has 13 heavy (non-hydrogen) atoms. The first-order valence-corrected chi connectivity index (χ1v) is 4.05. The highest BCUT2D eigenvalue weighted by Crippen LogP contribution is 2.18. The SMILES string of the molecule is [CH2][C@]([O])(CC=C)Oc1ccccc1. The third kappa shape index (κ3) is 3.30. The molecule has 1 aromatic carbocycles. The molecular formula is C11H12O2. The lowest BCUT2D eigenvalue weighted by Gasteiger charge is -2.20. The second kappa shape index (κ2) is 4.10. The van der Waals surface area contributed by atoms with Crippen molar-refractivity contribution in [1.29, 1.82) is 0 Å². The molecule has 0 amide bonds. The average Bonchev–Trinajstić information content (AvgIpc) is 2.04. The molecule has 1 aromatic rings. The molecule has 0 aliphatic rings. The number of rotatable bonds is 4. The van der Waals surface area contributed by atoms with Gasteiger partial charge in [-0.2, -0.15) is 5.11 Å². The predicted molar refractivity (Wildman–Crippen MR) is 50.7 cm³/mol.